The van der Waals surface area contributed by atoms with Gasteiger partial charge in [0.2, 0.25) is 0 Å². The molecular weight excluding hydrogens is 120 g/mol. The van der Waals surface area contributed by atoms with Crippen LogP contribution in [0, 0.1) is 0 Å². The van der Waals surface area contributed by atoms with Gasteiger partial charge in [-0.25, -0.2) is 0 Å². The van der Waals surface area contributed by atoms with Crippen molar-refractivity contribution in [3.63, 3.8) is 0 Å². The van der Waals surface area contributed by atoms with Gasteiger partial charge in [-0.2, -0.15) is 0 Å². The Labute approximate surface area is 54.9 Å². The Bertz CT molecular complexity index is 82.4. The summed E-state index contributed by atoms with van der Waals surface area (Å²) in [6.45, 7) is 3.18. The molecule has 0 amide bonds. The Morgan fingerprint density at radius 3 is 2.89 bits per heavy atom. The maximum atomic E-state index is 5.25. The van der Waals surface area contributed by atoms with Crippen LogP contribution < -0.4 is 0 Å². The van der Waals surface area contributed by atoms with Crippen LogP contribution in [0.4, 0.5) is 0 Å². The van der Waals surface area contributed by atoms with Crippen LogP contribution in [0.5, 0.6) is 0 Å². The third-order valence-corrected chi connectivity index (χ3v) is 1.25. The van der Waals surface area contributed by atoms with Gasteiger partial charge in [0.05, 0.1) is 13.2 Å². The largest absolute Gasteiger partial charge is 0.382 e. The highest BCUT2D eigenvalue weighted by atomic mass is 16.7. The Kier molecular flexibility index (Phi) is 2.45. The first-order valence-electron chi connectivity index (χ1n) is 3.09. The van der Waals surface area contributed by atoms with Gasteiger partial charge >= 0.3 is 0 Å². The Morgan fingerprint density at radius 2 is 2.44 bits per heavy atom. The lowest BCUT2D eigenvalue weighted by molar-refractivity contribution is -0.0540. The highest BCUT2D eigenvalue weighted by Gasteiger charge is 2.21. The lowest BCUT2D eigenvalue weighted by atomic mass is 10.4. The molecule has 3 heteroatoms. The summed E-state index contributed by atoms with van der Waals surface area (Å²) in [5.74, 6) is 0. The molecule has 0 aromatic carbocycles. The molecule has 9 heavy (non-hydrogen) atoms. The zero-order valence-corrected chi connectivity index (χ0v) is 5.79. The number of ether oxygens (including phenoxy) is 3. The van der Waals surface area contributed by atoms with Crippen molar-refractivity contribution in [2.24, 2.45) is 0 Å². The number of hydrogen-bond acceptors (Lipinski definition) is 3. The number of hydrogen-bond donors (Lipinski definition) is 0. The average Bonchev–Trinajstić information content (AvgIpc) is 2.17. The van der Waals surface area contributed by atoms with Crippen LogP contribution >= 0.6 is 0 Å². The highest BCUT2D eigenvalue weighted by molar-refractivity contribution is 4.60. The van der Waals surface area contributed by atoms with Crippen LogP contribution in [0.25, 0.3) is 0 Å². The Morgan fingerprint density at radius 1 is 1.67 bits per heavy atom. The zero-order chi connectivity index (χ0) is 6.69. The molecule has 2 atom stereocenters. The normalized spacial score (nSPS) is 35.3. The highest BCUT2D eigenvalue weighted by Crippen LogP contribution is 2.09. The molecule has 1 aliphatic rings. The average molecular weight is 132 g/mol. The van der Waals surface area contributed by atoms with Crippen molar-refractivity contribution in [2.45, 2.75) is 19.3 Å². The lowest BCUT2D eigenvalue weighted by Gasteiger charge is -2.05. The topological polar surface area (TPSA) is 27.7 Å². The smallest absolute Gasteiger partial charge is 0.155 e. The fourth-order valence-corrected chi connectivity index (χ4v) is 0.866. The fourth-order valence-electron chi connectivity index (χ4n) is 0.866. The van der Waals surface area contributed by atoms with Gasteiger partial charge in [0.15, 0.2) is 6.29 Å². The van der Waals surface area contributed by atoms with Gasteiger partial charge in [-0.05, 0) is 6.92 Å². The van der Waals surface area contributed by atoms with Crippen LogP contribution in [-0.2, 0) is 14.2 Å². The van der Waals surface area contributed by atoms with Crippen molar-refractivity contribution in [1.29, 1.82) is 0 Å². The molecule has 1 aliphatic heterocycles. The minimum absolute atomic E-state index is 0.0508. The first-order valence-corrected chi connectivity index (χ1v) is 3.09. The Hall–Kier alpha value is -0.120. The summed E-state index contributed by atoms with van der Waals surface area (Å²) in [6, 6.07) is 0. The van der Waals surface area contributed by atoms with Gasteiger partial charge in [0.25, 0.3) is 0 Å². The molecule has 0 radical (unpaired) electrons. The van der Waals surface area contributed by atoms with Crippen LogP contribution in [0.1, 0.15) is 6.92 Å². The van der Waals surface area contributed by atoms with Crippen LogP contribution in [0.15, 0.2) is 0 Å². The van der Waals surface area contributed by atoms with E-state index < -0.39 is 0 Å². The monoisotopic (exact) mass is 132 g/mol. The van der Waals surface area contributed by atoms with Crippen LogP contribution in [-0.4, -0.2) is 32.7 Å². The van der Waals surface area contributed by atoms with E-state index in [0.717, 1.165) is 0 Å². The summed E-state index contributed by atoms with van der Waals surface area (Å²) in [5, 5.41) is 0. The molecule has 0 aromatic rings. The zero-order valence-electron chi connectivity index (χ0n) is 5.79. The molecule has 0 N–H and O–H groups in total. The minimum Gasteiger partial charge on any atom is -0.382 e. The molecule has 1 heterocycles. The molecule has 0 aromatic heterocycles. The van der Waals surface area contributed by atoms with E-state index in [1.165, 1.54) is 0 Å². The molecular formula is C6H12O3. The third kappa shape index (κ3) is 1.93. The van der Waals surface area contributed by atoms with Crippen LogP contribution in [0.3, 0.4) is 0 Å². The summed E-state index contributed by atoms with van der Waals surface area (Å²) in [5.41, 5.74) is 0. The van der Waals surface area contributed by atoms with Crippen molar-refractivity contribution >= 4 is 0 Å². The molecule has 0 saturated carbocycles. The SMILES string of the molecule is COC[C@H]1COC(C)O1. The molecule has 0 spiro atoms. The van der Waals surface area contributed by atoms with Crippen molar-refractivity contribution in [2.75, 3.05) is 20.3 Å². The van der Waals surface area contributed by atoms with E-state index in [1.54, 1.807) is 7.11 Å². The van der Waals surface area contributed by atoms with E-state index in [0.29, 0.717) is 13.2 Å². The maximum Gasteiger partial charge on any atom is 0.155 e. The summed E-state index contributed by atoms with van der Waals surface area (Å²) in [6.07, 6.45) is 0.0927. The quantitative estimate of drug-likeness (QED) is 0.544. The van der Waals surface area contributed by atoms with Gasteiger partial charge in [-0.3, -0.25) is 0 Å². The van der Waals surface area contributed by atoms with Gasteiger partial charge in [-0.15, -0.1) is 0 Å². The van der Waals surface area contributed by atoms with Gasteiger partial charge in [0, 0.05) is 7.11 Å². The van der Waals surface area contributed by atoms with E-state index in [1.807, 2.05) is 6.92 Å². The predicted octanol–water partition coefficient (Wildman–Crippen LogP) is 0.394. The Balaban J connectivity index is 2.14. The molecule has 0 bridgehead atoms. The van der Waals surface area contributed by atoms with E-state index in [-0.39, 0.29) is 12.4 Å². The molecule has 54 valence electrons. The van der Waals surface area contributed by atoms with Gasteiger partial charge in [0.1, 0.15) is 6.10 Å². The summed E-state index contributed by atoms with van der Waals surface area (Å²) in [4.78, 5) is 0. The maximum absolute atomic E-state index is 5.25. The van der Waals surface area contributed by atoms with E-state index in [9.17, 15) is 0 Å². The fraction of sp³-hybridized carbons (Fsp3) is 1.00. The predicted molar refractivity (Wildman–Crippen MR) is 32.2 cm³/mol. The van der Waals surface area contributed by atoms with Crippen molar-refractivity contribution in [3.8, 4) is 0 Å². The minimum atomic E-state index is -0.0508. The first kappa shape index (κ1) is 6.99. The van der Waals surface area contributed by atoms with Gasteiger partial charge < -0.3 is 14.2 Å². The van der Waals surface area contributed by atoms with E-state index >= 15 is 0 Å². The van der Waals surface area contributed by atoms with Crippen molar-refractivity contribution in [3.05, 3.63) is 0 Å². The summed E-state index contributed by atoms with van der Waals surface area (Å²) in [7, 11) is 1.66. The van der Waals surface area contributed by atoms with Crippen LogP contribution in [0.2, 0.25) is 0 Å². The summed E-state index contributed by atoms with van der Waals surface area (Å²) < 4.78 is 15.2. The second kappa shape index (κ2) is 3.15. The van der Waals surface area contributed by atoms with Crippen molar-refractivity contribution in [1.82, 2.24) is 0 Å². The molecule has 3 nitrogen and oxygen atoms in total. The second-order valence-electron chi connectivity index (χ2n) is 2.11. The van der Waals surface area contributed by atoms with Crippen molar-refractivity contribution < 1.29 is 14.2 Å². The molecule has 1 saturated heterocycles. The molecule has 1 rings (SSSR count). The summed E-state index contributed by atoms with van der Waals surface area (Å²) >= 11 is 0. The number of methoxy groups -OCH3 is 1. The standard InChI is InChI=1S/C6H12O3/c1-5-8-4-6(9-5)3-7-2/h5-6H,3-4H2,1-2H3/t5?,6-/m0/s1. The number of rotatable bonds is 2. The third-order valence-electron chi connectivity index (χ3n) is 1.25. The molecule has 0 aliphatic carbocycles. The molecule has 1 fully saturated rings. The lowest BCUT2D eigenvalue weighted by Crippen LogP contribution is -2.16. The van der Waals surface area contributed by atoms with Gasteiger partial charge in [-0.1, -0.05) is 0 Å². The van der Waals surface area contributed by atoms with E-state index in [4.69, 9.17) is 14.2 Å². The second-order valence-corrected chi connectivity index (χ2v) is 2.11. The van der Waals surface area contributed by atoms with E-state index in [2.05, 4.69) is 0 Å². The molecule has 1 unspecified atom stereocenters. The first-order chi connectivity index (χ1) is 4.33.